The van der Waals surface area contributed by atoms with Gasteiger partial charge in [0.2, 0.25) is 5.91 Å². The Morgan fingerprint density at radius 1 is 1.00 bits per heavy atom. The second-order valence-corrected chi connectivity index (χ2v) is 10.4. The van der Waals surface area contributed by atoms with Crippen molar-refractivity contribution < 1.29 is 14.0 Å². The van der Waals surface area contributed by atoms with Crippen molar-refractivity contribution in [2.24, 2.45) is 16.5 Å². The Morgan fingerprint density at radius 3 is 2.19 bits per heavy atom. The molecule has 1 fully saturated rings. The molecule has 1 heterocycles. The second-order valence-electron chi connectivity index (χ2n) is 10.4. The van der Waals surface area contributed by atoms with Crippen LogP contribution < -0.4 is 22.1 Å². The number of rotatable bonds is 12. The first-order valence-electron chi connectivity index (χ1n) is 14.3. The predicted molar refractivity (Wildman–Crippen MR) is 165 cm³/mol. The average Bonchev–Trinajstić information content (AvgIpc) is 3.16. The van der Waals surface area contributed by atoms with E-state index in [1.165, 1.54) is 6.08 Å². The summed E-state index contributed by atoms with van der Waals surface area (Å²) >= 11 is 0. The summed E-state index contributed by atoms with van der Waals surface area (Å²) in [5, 5.41) is 6.12. The van der Waals surface area contributed by atoms with Crippen molar-refractivity contribution in [3.63, 3.8) is 0 Å². The van der Waals surface area contributed by atoms with Crippen LogP contribution in [-0.4, -0.2) is 60.9 Å². The van der Waals surface area contributed by atoms with Crippen molar-refractivity contribution in [3.05, 3.63) is 114 Å². The minimum absolute atomic E-state index is 0.00730. The first-order valence-corrected chi connectivity index (χ1v) is 14.3. The van der Waals surface area contributed by atoms with E-state index in [2.05, 4.69) is 39.9 Å². The molecule has 1 saturated heterocycles. The van der Waals surface area contributed by atoms with Crippen LogP contribution in [0.3, 0.4) is 0 Å². The second kappa shape index (κ2) is 15.5. The highest BCUT2D eigenvalue weighted by atomic mass is 19.1. The van der Waals surface area contributed by atoms with Gasteiger partial charge in [-0.25, -0.2) is 4.39 Å². The van der Waals surface area contributed by atoms with Crippen molar-refractivity contribution >= 4 is 23.8 Å². The van der Waals surface area contributed by atoms with E-state index in [9.17, 15) is 14.0 Å². The fourth-order valence-electron chi connectivity index (χ4n) is 5.19. The minimum atomic E-state index is -0.866. The largest absolute Gasteiger partial charge is 0.370 e. The molecule has 42 heavy (non-hydrogen) atoms. The third-order valence-electron chi connectivity index (χ3n) is 7.37. The third-order valence-corrected chi connectivity index (χ3v) is 7.37. The van der Waals surface area contributed by atoms with Crippen molar-refractivity contribution in [2.75, 3.05) is 26.2 Å². The van der Waals surface area contributed by atoms with Gasteiger partial charge in [0.25, 0.3) is 5.91 Å². The van der Waals surface area contributed by atoms with Gasteiger partial charge in [0.05, 0.1) is 6.04 Å². The van der Waals surface area contributed by atoms with Gasteiger partial charge in [-0.3, -0.25) is 14.6 Å². The summed E-state index contributed by atoms with van der Waals surface area (Å²) in [6.45, 7) is 1.59. The maximum absolute atomic E-state index is 14.6. The molecule has 0 radical (unpaired) electrons. The van der Waals surface area contributed by atoms with E-state index >= 15 is 0 Å². The zero-order chi connectivity index (χ0) is 29.7. The molecule has 0 unspecified atom stereocenters. The number of hydrogen-bond donors (Lipinski definition) is 4. The van der Waals surface area contributed by atoms with E-state index in [4.69, 9.17) is 11.5 Å². The molecule has 220 valence electrons. The SMILES string of the molecule is NC(N)=NCCC[C@@H]1N[C@H](CNC(=O)/C(F)=C/c2ccccc2)CCN(CC(c2ccccc2)c2ccccc2)C1=O. The molecule has 0 aliphatic carbocycles. The Hall–Kier alpha value is -4.50. The molecule has 2 atom stereocenters. The Labute approximate surface area is 246 Å². The van der Waals surface area contributed by atoms with Gasteiger partial charge in [-0.05, 0) is 42.0 Å². The van der Waals surface area contributed by atoms with E-state index in [1.54, 1.807) is 24.3 Å². The number of amides is 2. The van der Waals surface area contributed by atoms with Crippen LogP contribution in [0.25, 0.3) is 6.08 Å². The van der Waals surface area contributed by atoms with E-state index in [1.807, 2.05) is 47.4 Å². The summed E-state index contributed by atoms with van der Waals surface area (Å²) < 4.78 is 14.6. The van der Waals surface area contributed by atoms with Crippen molar-refractivity contribution in [2.45, 2.75) is 37.3 Å². The highest BCUT2D eigenvalue weighted by Gasteiger charge is 2.32. The van der Waals surface area contributed by atoms with E-state index in [0.717, 1.165) is 11.1 Å². The molecule has 3 aromatic carbocycles. The molecule has 0 saturated carbocycles. The lowest BCUT2D eigenvalue weighted by Crippen LogP contribution is -2.49. The standard InChI is InChI=1S/C33H39FN6O2/c34-29(21-24-11-4-1-5-12-24)31(41)38-22-27-18-20-40(32(42)30(39-27)17-10-19-37-33(35)36)23-28(25-13-6-2-7-14-25)26-15-8-3-9-16-26/h1-9,11-16,21,27-28,30,39H,10,17-20,22-23H2,(H,38,41)(H4,35,36,37)/b29-21-/t27-,30-/m0/s1. The Kier molecular flexibility index (Phi) is 11.2. The molecule has 3 aromatic rings. The van der Waals surface area contributed by atoms with Gasteiger partial charge in [0.15, 0.2) is 11.8 Å². The quantitative estimate of drug-likeness (QED) is 0.115. The molecule has 9 heteroatoms. The molecular weight excluding hydrogens is 531 g/mol. The van der Waals surface area contributed by atoms with Gasteiger partial charge in [0.1, 0.15) is 0 Å². The van der Waals surface area contributed by atoms with Crippen molar-refractivity contribution in [1.29, 1.82) is 0 Å². The lowest BCUT2D eigenvalue weighted by atomic mass is 9.90. The van der Waals surface area contributed by atoms with Crippen LogP contribution in [0.15, 0.2) is 102 Å². The fourth-order valence-corrected chi connectivity index (χ4v) is 5.19. The van der Waals surface area contributed by atoms with E-state index < -0.39 is 17.8 Å². The number of hydrogen-bond acceptors (Lipinski definition) is 4. The van der Waals surface area contributed by atoms with Gasteiger partial charge < -0.3 is 27.0 Å². The maximum Gasteiger partial charge on any atom is 0.280 e. The van der Waals surface area contributed by atoms with Crippen molar-refractivity contribution in [3.8, 4) is 0 Å². The minimum Gasteiger partial charge on any atom is -0.370 e. The predicted octanol–water partition coefficient (Wildman–Crippen LogP) is 3.56. The molecule has 0 bridgehead atoms. The Bertz CT molecular complexity index is 1310. The third kappa shape index (κ3) is 9.01. The number of nitrogens with one attached hydrogen (secondary N) is 2. The Balaban J connectivity index is 1.48. The van der Waals surface area contributed by atoms with Crippen LogP contribution in [0.2, 0.25) is 0 Å². The molecular formula is C33H39FN6O2. The highest BCUT2D eigenvalue weighted by molar-refractivity contribution is 5.95. The molecule has 8 nitrogen and oxygen atoms in total. The van der Waals surface area contributed by atoms with Crippen LogP contribution in [0, 0.1) is 0 Å². The van der Waals surface area contributed by atoms with Crippen LogP contribution in [0.5, 0.6) is 0 Å². The highest BCUT2D eigenvalue weighted by Crippen LogP contribution is 2.27. The van der Waals surface area contributed by atoms with Gasteiger partial charge in [-0.2, -0.15) is 0 Å². The number of guanidine groups is 1. The number of nitrogens with zero attached hydrogens (tertiary/aromatic N) is 2. The fraction of sp³-hybridized carbons (Fsp3) is 0.303. The van der Waals surface area contributed by atoms with Gasteiger partial charge >= 0.3 is 0 Å². The molecule has 6 N–H and O–H groups in total. The van der Waals surface area contributed by atoms with Crippen LogP contribution in [-0.2, 0) is 9.59 Å². The monoisotopic (exact) mass is 570 g/mol. The van der Waals surface area contributed by atoms with Crippen LogP contribution in [0.1, 0.15) is 41.9 Å². The molecule has 1 aliphatic heterocycles. The normalized spacial score (nSPS) is 17.5. The first kappa shape index (κ1) is 30.5. The van der Waals surface area contributed by atoms with E-state index in [-0.39, 0.29) is 30.4 Å². The molecule has 0 aromatic heterocycles. The molecule has 0 spiro atoms. The van der Waals surface area contributed by atoms with Crippen molar-refractivity contribution in [1.82, 2.24) is 15.5 Å². The smallest absolute Gasteiger partial charge is 0.280 e. The van der Waals surface area contributed by atoms with Crippen LogP contribution in [0.4, 0.5) is 4.39 Å². The number of halogens is 1. The number of nitrogens with two attached hydrogens (primary N) is 2. The summed E-state index contributed by atoms with van der Waals surface area (Å²) in [7, 11) is 0. The zero-order valence-electron chi connectivity index (χ0n) is 23.7. The van der Waals surface area contributed by atoms with Crippen LogP contribution >= 0.6 is 0 Å². The summed E-state index contributed by atoms with van der Waals surface area (Å²) in [6, 6.07) is 28.4. The maximum atomic E-state index is 14.6. The number of carbonyl (C=O) groups is 2. The van der Waals surface area contributed by atoms with Gasteiger partial charge in [-0.15, -0.1) is 0 Å². The van der Waals surface area contributed by atoms with Gasteiger partial charge in [0, 0.05) is 38.1 Å². The zero-order valence-corrected chi connectivity index (χ0v) is 23.7. The lowest BCUT2D eigenvalue weighted by molar-refractivity contribution is -0.133. The summed E-state index contributed by atoms with van der Waals surface area (Å²) in [4.78, 5) is 32.4. The lowest BCUT2D eigenvalue weighted by Gasteiger charge is -2.29. The number of aliphatic imine (C=N–C) groups is 1. The Morgan fingerprint density at radius 2 is 1.60 bits per heavy atom. The first-order chi connectivity index (χ1) is 20.4. The molecule has 2 amide bonds. The summed E-state index contributed by atoms with van der Waals surface area (Å²) in [5.41, 5.74) is 13.8. The van der Waals surface area contributed by atoms with Gasteiger partial charge in [-0.1, -0.05) is 91.0 Å². The average molecular weight is 571 g/mol. The molecule has 1 aliphatic rings. The summed E-state index contributed by atoms with van der Waals surface area (Å²) in [6.07, 6.45) is 2.92. The summed E-state index contributed by atoms with van der Waals surface area (Å²) in [5.74, 6) is -1.66. The topological polar surface area (TPSA) is 126 Å². The number of benzene rings is 3. The molecule has 4 rings (SSSR count). The van der Waals surface area contributed by atoms with E-state index in [0.29, 0.717) is 44.5 Å². The number of carbonyl (C=O) groups excluding carboxylic acids is 2.